The van der Waals surface area contributed by atoms with Crippen molar-refractivity contribution < 1.29 is 22.7 Å². The summed E-state index contributed by atoms with van der Waals surface area (Å²) in [6, 6.07) is 0.114. The van der Waals surface area contributed by atoms with Crippen LogP contribution in [0, 0.1) is 0 Å². The zero-order chi connectivity index (χ0) is 14.3. The predicted octanol–water partition coefficient (Wildman–Crippen LogP) is 1.56. The molecule has 0 radical (unpaired) electrons. The Labute approximate surface area is 111 Å². The van der Waals surface area contributed by atoms with Gasteiger partial charge in [-0.05, 0) is 39.3 Å². The van der Waals surface area contributed by atoms with Gasteiger partial charge in [-0.15, -0.1) is 0 Å². The van der Waals surface area contributed by atoms with Gasteiger partial charge in [-0.25, -0.2) is 0 Å². The normalized spacial score (nSPS) is 20.6. The molecule has 1 atom stereocenters. The summed E-state index contributed by atoms with van der Waals surface area (Å²) in [6.07, 6.45) is -0.690. The molecule has 112 valence electrons. The Morgan fingerprint density at radius 3 is 2.79 bits per heavy atom. The third-order valence-corrected chi connectivity index (χ3v) is 3.17. The van der Waals surface area contributed by atoms with Gasteiger partial charge in [0.25, 0.3) is 0 Å². The summed E-state index contributed by atoms with van der Waals surface area (Å²) in [5, 5.41) is 3.02. The van der Waals surface area contributed by atoms with E-state index in [9.17, 15) is 18.0 Å². The van der Waals surface area contributed by atoms with Crippen LogP contribution in [0.15, 0.2) is 0 Å². The molecule has 1 heterocycles. The first kappa shape index (κ1) is 16.2. The van der Waals surface area contributed by atoms with E-state index in [4.69, 9.17) is 0 Å². The van der Waals surface area contributed by atoms with Crippen LogP contribution in [0.2, 0.25) is 0 Å². The van der Waals surface area contributed by atoms with Crippen molar-refractivity contribution in [2.45, 2.75) is 37.9 Å². The van der Waals surface area contributed by atoms with E-state index in [0.717, 1.165) is 32.2 Å². The second-order valence-corrected chi connectivity index (χ2v) is 4.74. The van der Waals surface area contributed by atoms with Gasteiger partial charge in [-0.2, -0.15) is 13.2 Å². The highest BCUT2D eigenvalue weighted by molar-refractivity contribution is 5.77. The maximum atomic E-state index is 11.9. The van der Waals surface area contributed by atoms with Crippen LogP contribution in [-0.2, 0) is 9.53 Å². The van der Waals surface area contributed by atoms with Crippen molar-refractivity contribution in [2.75, 3.05) is 33.4 Å². The molecular weight excluding hydrogens is 261 g/mol. The van der Waals surface area contributed by atoms with Gasteiger partial charge in [0.05, 0.1) is 0 Å². The molecule has 0 spiro atoms. The van der Waals surface area contributed by atoms with Crippen LogP contribution in [-0.4, -0.2) is 56.4 Å². The largest absolute Gasteiger partial charge is 0.411 e. The lowest BCUT2D eigenvalue weighted by atomic mass is 9.99. The van der Waals surface area contributed by atoms with Crippen LogP contribution in [0.4, 0.5) is 13.2 Å². The van der Waals surface area contributed by atoms with Crippen LogP contribution in [0.5, 0.6) is 0 Å². The molecule has 1 aliphatic rings. The molecule has 0 bridgehead atoms. The van der Waals surface area contributed by atoms with Gasteiger partial charge >= 0.3 is 6.18 Å². The highest BCUT2D eigenvalue weighted by atomic mass is 19.4. The van der Waals surface area contributed by atoms with Gasteiger partial charge in [0.1, 0.15) is 13.2 Å². The Balaban J connectivity index is 2.39. The van der Waals surface area contributed by atoms with Crippen molar-refractivity contribution in [1.82, 2.24) is 10.2 Å². The average Bonchev–Trinajstić information content (AvgIpc) is 2.35. The molecule has 1 saturated heterocycles. The molecule has 0 aliphatic carbocycles. The number of nitrogens with one attached hydrogen (secondary N) is 1. The molecular formula is C12H21F3N2O2. The van der Waals surface area contributed by atoms with E-state index in [1.165, 1.54) is 0 Å². The summed E-state index contributed by atoms with van der Waals surface area (Å²) in [4.78, 5) is 13.5. The number of rotatable bonds is 6. The number of hydrogen-bond donors (Lipinski definition) is 1. The van der Waals surface area contributed by atoms with E-state index in [2.05, 4.69) is 10.1 Å². The standard InChI is InChI=1S/C12H21F3N2O2/c1-16-6-5-10-4-2-3-7-17(10)11(18)8-19-9-12(13,14)15/h10,16H,2-9H2,1H3. The maximum absolute atomic E-state index is 11.9. The molecule has 19 heavy (non-hydrogen) atoms. The van der Waals surface area contributed by atoms with Gasteiger partial charge in [-0.1, -0.05) is 0 Å². The van der Waals surface area contributed by atoms with E-state index in [1.807, 2.05) is 7.05 Å². The SMILES string of the molecule is CNCCC1CCCCN1C(=O)COCC(F)(F)F. The van der Waals surface area contributed by atoms with Crippen molar-refractivity contribution in [3.8, 4) is 0 Å². The summed E-state index contributed by atoms with van der Waals surface area (Å²) < 4.78 is 40.2. The van der Waals surface area contributed by atoms with E-state index in [1.54, 1.807) is 4.90 Å². The molecule has 0 aromatic rings. The van der Waals surface area contributed by atoms with Crippen LogP contribution in [0.25, 0.3) is 0 Å². The fraction of sp³-hybridized carbons (Fsp3) is 0.917. The quantitative estimate of drug-likeness (QED) is 0.804. The third kappa shape index (κ3) is 6.24. The average molecular weight is 282 g/mol. The molecule has 7 heteroatoms. The zero-order valence-electron chi connectivity index (χ0n) is 11.1. The Bertz CT molecular complexity index is 285. The van der Waals surface area contributed by atoms with E-state index in [-0.39, 0.29) is 11.9 Å². The lowest BCUT2D eigenvalue weighted by Crippen LogP contribution is -2.46. The zero-order valence-corrected chi connectivity index (χ0v) is 11.1. The number of carbonyl (C=O) groups excluding carboxylic acids is 1. The lowest BCUT2D eigenvalue weighted by Gasteiger charge is -2.36. The monoisotopic (exact) mass is 282 g/mol. The number of halogens is 3. The van der Waals surface area contributed by atoms with Crippen molar-refractivity contribution in [2.24, 2.45) is 0 Å². The highest BCUT2D eigenvalue weighted by Gasteiger charge is 2.30. The van der Waals surface area contributed by atoms with Gasteiger partial charge in [0.15, 0.2) is 0 Å². The highest BCUT2D eigenvalue weighted by Crippen LogP contribution is 2.20. The molecule has 0 aromatic carbocycles. The van der Waals surface area contributed by atoms with Crippen molar-refractivity contribution in [1.29, 1.82) is 0 Å². The number of alkyl halides is 3. The smallest absolute Gasteiger partial charge is 0.362 e. The second kappa shape index (κ2) is 7.69. The van der Waals surface area contributed by atoms with Gasteiger partial charge in [0.2, 0.25) is 5.91 Å². The van der Waals surface area contributed by atoms with Crippen LogP contribution in [0.1, 0.15) is 25.7 Å². The Hall–Kier alpha value is -0.820. The van der Waals surface area contributed by atoms with E-state index in [0.29, 0.717) is 6.54 Å². The van der Waals surface area contributed by atoms with E-state index < -0.39 is 19.4 Å². The molecule has 4 nitrogen and oxygen atoms in total. The fourth-order valence-corrected chi connectivity index (χ4v) is 2.28. The third-order valence-electron chi connectivity index (χ3n) is 3.17. The van der Waals surface area contributed by atoms with Crippen LogP contribution >= 0.6 is 0 Å². The topological polar surface area (TPSA) is 41.6 Å². The summed E-state index contributed by atoms with van der Waals surface area (Å²) in [5.74, 6) is -0.343. The fourth-order valence-electron chi connectivity index (χ4n) is 2.28. The first-order valence-electron chi connectivity index (χ1n) is 6.52. The van der Waals surface area contributed by atoms with Crippen LogP contribution in [0.3, 0.4) is 0 Å². The number of carbonyl (C=O) groups is 1. The molecule has 1 aliphatic heterocycles. The van der Waals surface area contributed by atoms with Crippen molar-refractivity contribution >= 4 is 5.91 Å². The lowest BCUT2D eigenvalue weighted by molar-refractivity contribution is -0.178. The molecule has 0 aromatic heterocycles. The van der Waals surface area contributed by atoms with Gasteiger partial charge < -0.3 is 15.0 Å². The number of ether oxygens (including phenoxy) is 1. The molecule has 1 rings (SSSR count). The molecule has 1 unspecified atom stereocenters. The van der Waals surface area contributed by atoms with Crippen molar-refractivity contribution in [3.63, 3.8) is 0 Å². The Morgan fingerprint density at radius 2 is 2.16 bits per heavy atom. The molecule has 0 saturated carbocycles. The van der Waals surface area contributed by atoms with Gasteiger partial charge in [0, 0.05) is 12.6 Å². The molecule has 1 fully saturated rings. The molecule has 1 N–H and O–H groups in total. The van der Waals surface area contributed by atoms with E-state index >= 15 is 0 Å². The predicted molar refractivity (Wildman–Crippen MR) is 64.8 cm³/mol. The Morgan fingerprint density at radius 1 is 1.42 bits per heavy atom. The maximum Gasteiger partial charge on any atom is 0.411 e. The number of nitrogens with zero attached hydrogens (tertiary/aromatic N) is 1. The first-order valence-corrected chi connectivity index (χ1v) is 6.52. The number of piperidine rings is 1. The van der Waals surface area contributed by atoms with Crippen LogP contribution < -0.4 is 5.32 Å². The summed E-state index contributed by atoms with van der Waals surface area (Å²) in [7, 11) is 1.83. The minimum absolute atomic E-state index is 0.114. The summed E-state index contributed by atoms with van der Waals surface area (Å²) in [5.41, 5.74) is 0. The summed E-state index contributed by atoms with van der Waals surface area (Å²) in [6.45, 7) is -0.455. The minimum Gasteiger partial charge on any atom is -0.362 e. The Kier molecular flexibility index (Phi) is 6.57. The molecule has 1 amide bonds. The number of likely N-dealkylation sites (tertiary alicyclic amines) is 1. The van der Waals surface area contributed by atoms with Crippen molar-refractivity contribution in [3.05, 3.63) is 0 Å². The minimum atomic E-state index is -4.38. The number of amides is 1. The first-order chi connectivity index (χ1) is 8.94. The second-order valence-electron chi connectivity index (χ2n) is 4.74. The van der Waals surface area contributed by atoms with Gasteiger partial charge in [-0.3, -0.25) is 4.79 Å². The number of hydrogen-bond acceptors (Lipinski definition) is 3. The summed E-state index contributed by atoms with van der Waals surface area (Å²) >= 11 is 0.